The van der Waals surface area contributed by atoms with Gasteiger partial charge in [0, 0.05) is 16.5 Å². The van der Waals surface area contributed by atoms with E-state index in [2.05, 4.69) is 26.5 Å². The van der Waals surface area contributed by atoms with Gasteiger partial charge >= 0.3 is 0 Å². The van der Waals surface area contributed by atoms with Crippen LogP contribution in [0.2, 0.25) is 0 Å². The molecule has 0 bridgehead atoms. The summed E-state index contributed by atoms with van der Waals surface area (Å²) in [6.45, 7) is 6.19. The highest BCUT2D eigenvalue weighted by atomic mass is 16.5. The molecule has 2 aromatic heterocycles. The third-order valence-corrected chi connectivity index (χ3v) is 4.98. The Kier molecular flexibility index (Phi) is 5.52. The number of fused-ring (bicyclic) bond motifs is 1. The smallest absolute Gasteiger partial charge is 0.176 e. The van der Waals surface area contributed by atoms with Crippen LogP contribution in [0.4, 0.5) is 0 Å². The van der Waals surface area contributed by atoms with Crippen LogP contribution >= 0.6 is 0 Å². The lowest BCUT2D eigenvalue weighted by Gasteiger charge is -2.18. The third-order valence-electron chi connectivity index (χ3n) is 4.98. The molecular weight excluding hydrogens is 392 g/mol. The number of hydrogen-bond donors (Lipinski definition) is 2. The monoisotopic (exact) mass is 414 g/mol. The summed E-state index contributed by atoms with van der Waals surface area (Å²) in [5, 5.41) is 25.7. The predicted octanol–water partition coefficient (Wildman–Crippen LogP) is 3.94. The molecular formula is C23H22N6O2. The maximum absolute atomic E-state index is 9.38. The zero-order chi connectivity index (χ0) is 22.0. The minimum Gasteiger partial charge on any atom is -0.494 e. The summed E-state index contributed by atoms with van der Waals surface area (Å²) in [6.07, 6.45) is 0.982. The second kappa shape index (κ2) is 8.42. The first-order valence-corrected chi connectivity index (χ1v) is 9.87. The molecule has 2 heterocycles. The second-order valence-electron chi connectivity index (χ2n) is 7.14. The number of hydrogen-bond acceptors (Lipinski definition) is 7. The number of nitriles is 1. The number of aromatic nitrogens is 4. The molecule has 156 valence electrons. The van der Waals surface area contributed by atoms with Gasteiger partial charge in [0.1, 0.15) is 17.2 Å². The topological polar surface area (TPSA) is 123 Å². The quantitative estimate of drug-likeness (QED) is 0.458. The average molecular weight is 414 g/mol. The van der Waals surface area contributed by atoms with Gasteiger partial charge in [0.05, 0.1) is 35.6 Å². The van der Waals surface area contributed by atoms with E-state index in [0.29, 0.717) is 29.4 Å². The van der Waals surface area contributed by atoms with E-state index in [1.807, 2.05) is 45.0 Å². The maximum atomic E-state index is 9.38. The van der Waals surface area contributed by atoms with Gasteiger partial charge in [-0.3, -0.25) is 10.8 Å². The number of nitrogens with one attached hydrogen (secondary N) is 1. The number of benzene rings is 2. The van der Waals surface area contributed by atoms with Crippen LogP contribution in [0, 0.1) is 25.2 Å². The van der Waals surface area contributed by atoms with Gasteiger partial charge < -0.3 is 9.47 Å². The highest BCUT2D eigenvalue weighted by molar-refractivity contribution is 5.94. The van der Waals surface area contributed by atoms with Crippen molar-refractivity contribution >= 4 is 10.9 Å². The van der Waals surface area contributed by atoms with E-state index in [4.69, 9.17) is 15.2 Å². The van der Waals surface area contributed by atoms with Crippen LogP contribution in [0.25, 0.3) is 22.2 Å². The first-order valence-electron chi connectivity index (χ1n) is 9.87. The molecule has 1 atom stereocenters. The Hall–Kier alpha value is -3.96. The molecule has 0 unspecified atom stereocenters. The largest absolute Gasteiger partial charge is 0.494 e. The molecule has 0 saturated carbocycles. The lowest BCUT2D eigenvalue weighted by Crippen LogP contribution is -2.20. The number of aromatic amines is 1. The van der Waals surface area contributed by atoms with Crippen molar-refractivity contribution in [1.82, 2.24) is 20.4 Å². The Morgan fingerprint density at radius 1 is 1.16 bits per heavy atom. The zero-order valence-electron chi connectivity index (χ0n) is 17.5. The van der Waals surface area contributed by atoms with Crippen molar-refractivity contribution in [2.75, 3.05) is 6.61 Å². The van der Waals surface area contributed by atoms with Gasteiger partial charge in [-0.25, -0.2) is 0 Å². The number of ether oxygens (including phenoxy) is 2. The van der Waals surface area contributed by atoms with Crippen molar-refractivity contribution in [3.8, 4) is 28.8 Å². The van der Waals surface area contributed by atoms with Crippen LogP contribution in [0.15, 0.2) is 42.6 Å². The molecule has 0 radical (unpaired) electrons. The molecule has 0 aliphatic heterocycles. The number of aryl methyl sites for hydroxylation is 2. The number of H-pyrrole nitrogens is 1. The maximum Gasteiger partial charge on any atom is 0.176 e. The highest BCUT2D eigenvalue weighted by Crippen LogP contribution is 2.33. The van der Waals surface area contributed by atoms with Crippen LogP contribution in [-0.4, -0.2) is 27.0 Å². The van der Waals surface area contributed by atoms with Crippen LogP contribution in [-0.2, 0) is 0 Å². The van der Waals surface area contributed by atoms with E-state index in [1.54, 1.807) is 18.3 Å². The van der Waals surface area contributed by atoms with Gasteiger partial charge in [-0.15, -0.1) is 0 Å². The summed E-state index contributed by atoms with van der Waals surface area (Å²) >= 11 is 0. The lowest BCUT2D eigenvalue weighted by atomic mass is 10.0. The first kappa shape index (κ1) is 20.3. The van der Waals surface area contributed by atoms with Crippen molar-refractivity contribution in [1.29, 1.82) is 5.26 Å². The molecule has 0 spiro atoms. The predicted molar refractivity (Wildman–Crippen MR) is 116 cm³/mol. The van der Waals surface area contributed by atoms with Gasteiger partial charge in [-0.05, 0) is 62.7 Å². The molecule has 0 aliphatic carbocycles. The number of rotatable bonds is 6. The Bertz CT molecular complexity index is 1270. The average Bonchev–Trinajstić information content (AvgIpc) is 3.17. The van der Waals surface area contributed by atoms with E-state index in [1.165, 1.54) is 0 Å². The Morgan fingerprint density at radius 3 is 2.74 bits per heavy atom. The van der Waals surface area contributed by atoms with Gasteiger partial charge in [0.15, 0.2) is 6.23 Å². The van der Waals surface area contributed by atoms with Gasteiger partial charge in [0.2, 0.25) is 0 Å². The summed E-state index contributed by atoms with van der Waals surface area (Å²) in [7, 11) is 0. The zero-order valence-corrected chi connectivity index (χ0v) is 17.5. The minimum atomic E-state index is -0.685. The van der Waals surface area contributed by atoms with Gasteiger partial charge in [-0.2, -0.15) is 20.6 Å². The fourth-order valence-electron chi connectivity index (χ4n) is 3.58. The van der Waals surface area contributed by atoms with Crippen LogP contribution in [0.1, 0.15) is 35.5 Å². The van der Waals surface area contributed by atoms with E-state index in [9.17, 15) is 5.26 Å². The molecule has 0 amide bonds. The fraction of sp³-hybridized carbons (Fsp3) is 0.217. The molecule has 31 heavy (non-hydrogen) atoms. The molecule has 2 aromatic carbocycles. The van der Waals surface area contributed by atoms with E-state index >= 15 is 0 Å². The third kappa shape index (κ3) is 4.04. The summed E-state index contributed by atoms with van der Waals surface area (Å²) in [6, 6.07) is 13.1. The molecule has 8 heteroatoms. The van der Waals surface area contributed by atoms with Crippen LogP contribution < -0.4 is 15.2 Å². The molecule has 4 aromatic rings. The summed E-state index contributed by atoms with van der Waals surface area (Å²) in [4.78, 5) is 0. The normalized spacial score (nSPS) is 11.8. The Balaban J connectivity index is 1.72. The van der Waals surface area contributed by atoms with Crippen molar-refractivity contribution < 1.29 is 9.47 Å². The first-order chi connectivity index (χ1) is 15.0. The summed E-state index contributed by atoms with van der Waals surface area (Å²) in [5.74, 6) is 1.22. The van der Waals surface area contributed by atoms with E-state index in [0.717, 1.165) is 33.3 Å². The number of nitrogens with two attached hydrogens (primary N) is 1. The second-order valence-corrected chi connectivity index (χ2v) is 7.14. The van der Waals surface area contributed by atoms with Crippen molar-refractivity contribution in [2.24, 2.45) is 5.73 Å². The molecule has 8 nitrogen and oxygen atoms in total. The molecule has 0 aliphatic rings. The SMILES string of the molecule is CCOc1cc(C#N)cc(-c2n[nH]c3ccc(O[C@H](N)c4c(C)cnnc4C)cc23)c1. The molecule has 0 saturated heterocycles. The fourth-order valence-corrected chi connectivity index (χ4v) is 3.58. The minimum absolute atomic E-state index is 0.502. The molecule has 0 fully saturated rings. The standard InChI is InChI=1S/C23H22N6O2/c1-4-30-18-8-15(11-24)7-16(9-18)22-19-10-17(5-6-20(19)28-29-22)31-23(25)21-13(2)12-26-27-14(21)3/h5-10,12,23H,4,25H2,1-3H3,(H,28,29)/t23-/m0/s1. The van der Waals surface area contributed by atoms with E-state index in [-0.39, 0.29) is 0 Å². The molecule has 4 rings (SSSR count). The Labute approximate surface area is 179 Å². The van der Waals surface area contributed by atoms with E-state index < -0.39 is 6.23 Å². The summed E-state index contributed by atoms with van der Waals surface area (Å²) < 4.78 is 11.6. The van der Waals surface area contributed by atoms with Gasteiger partial charge in [0.25, 0.3) is 0 Å². The highest BCUT2D eigenvalue weighted by Gasteiger charge is 2.17. The molecule has 3 N–H and O–H groups in total. The Morgan fingerprint density at radius 2 is 2.00 bits per heavy atom. The van der Waals surface area contributed by atoms with Crippen molar-refractivity contribution in [2.45, 2.75) is 27.0 Å². The summed E-state index contributed by atoms with van der Waals surface area (Å²) in [5.41, 5.74) is 11.6. The lowest BCUT2D eigenvalue weighted by molar-refractivity contribution is 0.212. The number of nitrogens with zero attached hydrogens (tertiary/aromatic N) is 4. The van der Waals surface area contributed by atoms with Gasteiger partial charge in [-0.1, -0.05) is 0 Å². The van der Waals surface area contributed by atoms with Crippen LogP contribution in [0.5, 0.6) is 11.5 Å². The van der Waals surface area contributed by atoms with Crippen LogP contribution in [0.3, 0.4) is 0 Å². The van der Waals surface area contributed by atoms with Crippen molar-refractivity contribution in [3.05, 3.63) is 65.0 Å². The van der Waals surface area contributed by atoms with Crippen molar-refractivity contribution in [3.63, 3.8) is 0 Å².